The largest absolute Gasteiger partial charge is 0.475 e. The Bertz CT molecular complexity index is 1140. The summed E-state index contributed by atoms with van der Waals surface area (Å²) in [6.45, 7) is 9.41. The number of pyridine rings is 1. The molecule has 1 heterocycles. The van der Waals surface area contributed by atoms with Crippen LogP contribution in [-0.4, -0.2) is 18.8 Å². The van der Waals surface area contributed by atoms with Crippen LogP contribution in [0, 0.1) is 0 Å². The number of para-hydroxylation sites is 1. The smallest absolute Gasteiger partial charge is 0.157 e. The number of nitrogens with zero attached hydrogens (tertiary/aromatic N) is 1. The van der Waals surface area contributed by atoms with E-state index >= 15 is 0 Å². The third-order valence-electron chi connectivity index (χ3n) is 4.91. The quantitative estimate of drug-likeness (QED) is 0.328. The van der Waals surface area contributed by atoms with E-state index in [0.717, 1.165) is 39.2 Å². The summed E-state index contributed by atoms with van der Waals surface area (Å²) in [6.07, 6.45) is 0. The Morgan fingerprint density at radius 2 is 1.50 bits per heavy atom. The molecule has 2 N–H and O–H groups in total. The zero-order valence-corrected chi connectivity index (χ0v) is 19.1. The van der Waals surface area contributed by atoms with E-state index in [1.165, 1.54) is 5.56 Å². The molecule has 0 amide bonds. The molecule has 0 atom stereocenters. The number of fused-ring (bicyclic) bond motifs is 1. The van der Waals surface area contributed by atoms with Gasteiger partial charge >= 0.3 is 0 Å². The Hall–Kier alpha value is -3.63. The SMILES string of the molecule is C=C(NCc1ccccc1)c1c(OCNC)c(-c2ccccc2)nc2ccccc12.CC. The summed E-state index contributed by atoms with van der Waals surface area (Å²) in [6, 6.07) is 28.5. The minimum atomic E-state index is 0.374. The summed E-state index contributed by atoms with van der Waals surface area (Å²) < 4.78 is 6.18. The predicted octanol–water partition coefficient (Wildman–Crippen LogP) is 6.24. The molecule has 4 nitrogen and oxygen atoms in total. The molecule has 4 rings (SSSR count). The summed E-state index contributed by atoms with van der Waals surface area (Å²) in [7, 11) is 1.86. The summed E-state index contributed by atoms with van der Waals surface area (Å²) in [4.78, 5) is 4.94. The van der Waals surface area contributed by atoms with Gasteiger partial charge in [-0.25, -0.2) is 4.98 Å². The molecule has 0 saturated carbocycles. The fourth-order valence-electron chi connectivity index (χ4n) is 3.46. The average Bonchev–Trinajstić information content (AvgIpc) is 2.87. The molecule has 0 fully saturated rings. The van der Waals surface area contributed by atoms with Crippen LogP contribution in [0.3, 0.4) is 0 Å². The van der Waals surface area contributed by atoms with E-state index in [2.05, 4.69) is 35.4 Å². The minimum Gasteiger partial charge on any atom is -0.475 e. The highest BCUT2D eigenvalue weighted by Crippen LogP contribution is 2.39. The van der Waals surface area contributed by atoms with Crippen molar-refractivity contribution < 1.29 is 4.74 Å². The molecule has 0 saturated heterocycles. The molecular formula is C28H31N3O. The highest BCUT2D eigenvalue weighted by atomic mass is 16.5. The van der Waals surface area contributed by atoms with Crippen LogP contribution in [0.2, 0.25) is 0 Å². The van der Waals surface area contributed by atoms with Crippen molar-refractivity contribution in [3.8, 4) is 17.0 Å². The summed E-state index contributed by atoms with van der Waals surface area (Å²) in [5, 5.41) is 7.56. The zero-order chi connectivity index (χ0) is 22.8. The Balaban J connectivity index is 0.00000141. The summed E-state index contributed by atoms with van der Waals surface area (Å²) in [5.41, 5.74) is 5.66. The summed E-state index contributed by atoms with van der Waals surface area (Å²) in [5.74, 6) is 0.722. The van der Waals surface area contributed by atoms with Crippen molar-refractivity contribution in [1.29, 1.82) is 0 Å². The molecule has 0 bridgehead atoms. The van der Waals surface area contributed by atoms with Crippen LogP contribution < -0.4 is 15.4 Å². The van der Waals surface area contributed by atoms with Gasteiger partial charge in [-0.1, -0.05) is 99.3 Å². The number of hydrogen-bond acceptors (Lipinski definition) is 4. The lowest BCUT2D eigenvalue weighted by Gasteiger charge is -2.20. The first-order valence-corrected chi connectivity index (χ1v) is 11.0. The second-order valence-electron chi connectivity index (χ2n) is 7.01. The Morgan fingerprint density at radius 3 is 2.19 bits per heavy atom. The predicted molar refractivity (Wildman–Crippen MR) is 135 cm³/mol. The van der Waals surface area contributed by atoms with Crippen LogP contribution in [0.15, 0.2) is 91.5 Å². The second kappa shape index (κ2) is 11.7. The monoisotopic (exact) mass is 425 g/mol. The number of hydrogen-bond donors (Lipinski definition) is 2. The highest BCUT2D eigenvalue weighted by molar-refractivity contribution is 5.97. The molecular weight excluding hydrogens is 394 g/mol. The van der Waals surface area contributed by atoms with Crippen LogP contribution in [0.25, 0.3) is 27.9 Å². The number of aromatic nitrogens is 1. The first-order chi connectivity index (χ1) is 15.8. The van der Waals surface area contributed by atoms with E-state index in [1.807, 2.05) is 87.6 Å². The number of benzene rings is 3. The normalized spacial score (nSPS) is 10.2. The third-order valence-corrected chi connectivity index (χ3v) is 4.91. The van der Waals surface area contributed by atoms with Crippen LogP contribution in [-0.2, 0) is 6.54 Å². The van der Waals surface area contributed by atoms with Gasteiger partial charge in [-0.05, 0) is 18.7 Å². The first-order valence-electron chi connectivity index (χ1n) is 11.0. The van der Waals surface area contributed by atoms with Crippen LogP contribution in [0.4, 0.5) is 0 Å². The fraction of sp³-hybridized carbons (Fsp3) is 0.179. The molecule has 164 valence electrons. The van der Waals surface area contributed by atoms with E-state index in [-0.39, 0.29) is 0 Å². The van der Waals surface area contributed by atoms with Gasteiger partial charge in [0, 0.05) is 23.2 Å². The molecule has 0 spiro atoms. The molecule has 0 aliphatic carbocycles. The van der Waals surface area contributed by atoms with Crippen molar-refractivity contribution in [2.24, 2.45) is 0 Å². The van der Waals surface area contributed by atoms with Gasteiger partial charge in [-0.2, -0.15) is 0 Å². The average molecular weight is 426 g/mol. The minimum absolute atomic E-state index is 0.374. The van der Waals surface area contributed by atoms with Gasteiger partial charge in [0.05, 0.1) is 11.1 Å². The van der Waals surface area contributed by atoms with Gasteiger partial charge < -0.3 is 10.1 Å². The van der Waals surface area contributed by atoms with Crippen molar-refractivity contribution in [3.05, 3.63) is 103 Å². The van der Waals surface area contributed by atoms with Crippen molar-refractivity contribution in [1.82, 2.24) is 15.6 Å². The molecule has 0 aliphatic heterocycles. The molecule has 32 heavy (non-hydrogen) atoms. The number of ether oxygens (including phenoxy) is 1. The standard InChI is InChI=1S/C26H25N3O.C2H6/c1-19(28-17-20-11-5-3-6-12-20)24-22-15-9-10-16-23(22)29-25(26(24)30-18-27-2)21-13-7-4-8-14-21;1-2/h3-16,27-28H,1,17-18H2,2H3;1-2H3. The maximum absolute atomic E-state index is 6.18. The Labute approximate surface area is 191 Å². The number of rotatable bonds is 8. The zero-order valence-electron chi connectivity index (χ0n) is 19.1. The Morgan fingerprint density at radius 1 is 0.875 bits per heavy atom. The molecule has 4 heteroatoms. The van der Waals surface area contributed by atoms with E-state index in [0.29, 0.717) is 13.3 Å². The van der Waals surface area contributed by atoms with Crippen molar-refractivity contribution in [2.45, 2.75) is 20.4 Å². The van der Waals surface area contributed by atoms with Gasteiger partial charge in [0.25, 0.3) is 0 Å². The van der Waals surface area contributed by atoms with Gasteiger partial charge in [-0.3, -0.25) is 5.32 Å². The van der Waals surface area contributed by atoms with Crippen LogP contribution in [0.5, 0.6) is 5.75 Å². The van der Waals surface area contributed by atoms with E-state index < -0.39 is 0 Å². The van der Waals surface area contributed by atoms with E-state index in [1.54, 1.807) is 0 Å². The first kappa shape index (κ1) is 23.0. The Kier molecular flexibility index (Phi) is 8.41. The molecule has 4 aromatic rings. The maximum atomic E-state index is 6.18. The molecule has 1 aromatic heterocycles. The van der Waals surface area contributed by atoms with Gasteiger partial charge in [0.2, 0.25) is 0 Å². The molecule has 3 aromatic carbocycles. The molecule has 0 unspecified atom stereocenters. The van der Waals surface area contributed by atoms with Gasteiger partial charge in [0.1, 0.15) is 12.4 Å². The lowest BCUT2D eigenvalue weighted by Crippen LogP contribution is -2.18. The highest BCUT2D eigenvalue weighted by Gasteiger charge is 2.20. The van der Waals surface area contributed by atoms with E-state index in [4.69, 9.17) is 9.72 Å². The maximum Gasteiger partial charge on any atom is 0.157 e. The van der Waals surface area contributed by atoms with Crippen molar-refractivity contribution in [3.63, 3.8) is 0 Å². The third kappa shape index (κ3) is 5.34. The van der Waals surface area contributed by atoms with Gasteiger partial charge in [0.15, 0.2) is 5.75 Å². The van der Waals surface area contributed by atoms with Crippen molar-refractivity contribution in [2.75, 3.05) is 13.8 Å². The lowest BCUT2D eigenvalue weighted by atomic mass is 10.00. The number of nitrogens with one attached hydrogen (secondary N) is 2. The van der Waals surface area contributed by atoms with Crippen molar-refractivity contribution >= 4 is 16.6 Å². The van der Waals surface area contributed by atoms with E-state index in [9.17, 15) is 0 Å². The van der Waals surface area contributed by atoms with Crippen LogP contribution in [0.1, 0.15) is 25.0 Å². The fourth-order valence-corrected chi connectivity index (χ4v) is 3.46. The second-order valence-corrected chi connectivity index (χ2v) is 7.01. The topological polar surface area (TPSA) is 46.2 Å². The summed E-state index contributed by atoms with van der Waals surface area (Å²) >= 11 is 0. The molecule has 0 aliphatic rings. The van der Waals surface area contributed by atoms with Crippen LogP contribution >= 0.6 is 0 Å². The molecule has 0 radical (unpaired) electrons. The lowest BCUT2D eigenvalue weighted by molar-refractivity contribution is 0.296. The van der Waals surface area contributed by atoms with Gasteiger partial charge in [-0.15, -0.1) is 0 Å².